The number of carbonyl (C=O) groups is 2. The Morgan fingerprint density at radius 2 is 1.73 bits per heavy atom. The van der Waals surface area contributed by atoms with Gasteiger partial charge in [0, 0.05) is 12.6 Å². The summed E-state index contributed by atoms with van der Waals surface area (Å²) in [5, 5.41) is 22.4. The van der Waals surface area contributed by atoms with Gasteiger partial charge in [-0.1, -0.05) is 42.5 Å². The van der Waals surface area contributed by atoms with Crippen LogP contribution < -0.4 is 10.0 Å². The molecule has 30 heavy (non-hydrogen) atoms. The van der Waals surface area contributed by atoms with E-state index in [2.05, 4.69) is 10.0 Å². The fourth-order valence-corrected chi connectivity index (χ4v) is 3.63. The first-order chi connectivity index (χ1) is 14.2. The van der Waals surface area contributed by atoms with Crippen molar-refractivity contribution in [2.75, 3.05) is 6.54 Å². The standard InChI is InChI=1S/C18H19N3O8S/c22-17(23)14(20-18(24)29-12-13-6-2-1-3-7-13)10-11-19-30(27,28)16-9-5-4-8-15(16)21(25)26/h1-9,14,19H,10-12H2,(H,20,24)(H,22,23). The molecule has 0 heterocycles. The van der Waals surface area contributed by atoms with E-state index >= 15 is 0 Å². The summed E-state index contributed by atoms with van der Waals surface area (Å²) in [6.45, 7) is -0.451. The number of sulfonamides is 1. The van der Waals surface area contributed by atoms with Crippen molar-refractivity contribution in [3.8, 4) is 0 Å². The topological polar surface area (TPSA) is 165 Å². The normalized spacial score (nSPS) is 12.0. The van der Waals surface area contributed by atoms with Crippen molar-refractivity contribution in [3.63, 3.8) is 0 Å². The van der Waals surface area contributed by atoms with Gasteiger partial charge in [-0.3, -0.25) is 10.1 Å². The zero-order valence-electron chi connectivity index (χ0n) is 15.6. The van der Waals surface area contributed by atoms with E-state index in [4.69, 9.17) is 4.74 Å². The zero-order chi connectivity index (χ0) is 22.1. The number of nitro groups is 1. The van der Waals surface area contributed by atoms with Crippen LogP contribution in [-0.2, 0) is 26.2 Å². The van der Waals surface area contributed by atoms with Crippen LogP contribution in [0.1, 0.15) is 12.0 Å². The zero-order valence-corrected chi connectivity index (χ0v) is 16.4. The Hall–Kier alpha value is -3.51. The average molecular weight is 437 g/mol. The third kappa shape index (κ3) is 6.53. The van der Waals surface area contributed by atoms with E-state index in [1.807, 2.05) is 0 Å². The summed E-state index contributed by atoms with van der Waals surface area (Å²) in [6.07, 6.45) is -1.29. The van der Waals surface area contributed by atoms with Crippen molar-refractivity contribution in [3.05, 3.63) is 70.3 Å². The number of nitrogens with one attached hydrogen (secondary N) is 2. The molecule has 0 radical (unpaired) electrons. The van der Waals surface area contributed by atoms with Crippen LogP contribution in [0.5, 0.6) is 0 Å². The third-order valence-electron chi connectivity index (χ3n) is 3.88. The van der Waals surface area contributed by atoms with Crippen molar-refractivity contribution in [2.45, 2.75) is 24.0 Å². The van der Waals surface area contributed by atoms with E-state index in [1.165, 1.54) is 12.1 Å². The van der Waals surface area contributed by atoms with Crippen LogP contribution in [0, 0.1) is 10.1 Å². The summed E-state index contributed by atoms with van der Waals surface area (Å²) < 4.78 is 31.7. The smallest absolute Gasteiger partial charge is 0.408 e. The molecule has 1 amide bonds. The summed E-state index contributed by atoms with van der Waals surface area (Å²) in [4.78, 5) is 32.8. The fraction of sp³-hybridized carbons (Fsp3) is 0.222. The number of hydrogen-bond acceptors (Lipinski definition) is 7. The first-order valence-electron chi connectivity index (χ1n) is 8.64. The molecule has 160 valence electrons. The Balaban J connectivity index is 1.92. The highest BCUT2D eigenvalue weighted by Gasteiger charge is 2.26. The van der Waals surface area contributed by atoms with Crippen molar-refractivity contribution >= 4 is 27.8 Å². The van der Waals surface area contributed by atoms with Crippen LogP contribution in [0.15, 0.2) is 59.5 Å². The molecule has 3 N–H and O–H groups in total. The van der Waals surface area contributed by atoms with Crippen LogP contribution in [0.25, 0.3) is 0 Å². The molecule has 0 aromatic heterocycles. The van der Waals surface area contributed by atoms with Crippen LogP contribution >= 0.6 is 0 Å². The highest BCUT2D eigenvalue weighted by molar-refractivity contribution is 7.89. The molecule has 1 unspecified atom stereocenters. The van der Waals surface area contributed by atoms with E-state index in [0.717, 1.165) is 12.1 Å². The second-order valence-electron chi connectivity index (χ2n) is 6.01. The number of carboxylic acids is 1. The molecule has 11 nitrogen and oxygen atoms in total. The Morgan fingerprint density at radius 3 is 2.37 bits per heavy atom. The van der Waals surface area contributed by atoms with E-state index < -0.39 is 43.6 Å². The minimum absolute atomic E-state index is 0.0662. The van der Waals surface area contributed by atoms with Gasteiger partial charge in [-0.05, 0) is 18.1 Å². The Kier molecular flexibility index (Phi) is 7.83. The molecular formula is C18H19N3O8S. The predicted molar refractivity (Wildman–Crippen MR) is 104 cm³/mol. The van der Waals surface area contributed by atoms with Crippen LogP contribution in [0.3, 0.4) is 0 Å². The van der Waals surface area contributed by atoms with E-state index in [0.29, 0.717) is 5.56 Å². The number of ether oxygens (including phenoxy) is 1. The number of benzene rings is 2. The Morgan fingerprint density at radius 1 is 1.10 bits per heavy atom. The van der Waals surface area contributed by atoms with E-state index in [9.17, 15) is 33.2 Å². The maximum absolute atomic E-state index is 12.3. The van der Waals surface area contributed by atoms with Crippen molar-refractivity contribution in [1.29, 1.82) is 0 Å². The fourth-order valence-electron chi connectivity index (χ4n) is 2.42. The van der Waals surface area contributed by atoms with Gasteiger partial charge >= 0.3 is 12.1 Å². The van der Waals surface area contributed by atoms with Gasteiger partial charge < -0.3 is 15.2 Å². The largest absolute Gasteiger partial charge is 0.480 e. The number of alkyl carbamates (subject to hydrolysis) is 1. The number of carboxylic acid groups (broad SMARTS) is 1. The van der Waals surface area contributed by atoms with Gasteiger partial charge in [0.1, 0.15) is 12.6 Å². The number of para-hydroxylation sites is 1. The highest BCUT2D eigenvalue weighted by Crippen LogP contribution is 2.22. The third-order valence-corrected chi connectivity index (χ3v) is 5.39. The maximum Gasteiger partial charge on any atom is 0.408 e. The van der Waals surface area contributed by atoms with Crippen molar-refractivity contribution in [2.24, 2.45) is 0 Å². The number of hydrogen-bond donors (Lipinski definition) is 3. The number of amides is 1. The van der Waals surface area contributed by atoms with Crippen molar-refractivity contribution < 1.29 is 32.8 Å². The molecule has 2 aromatic carbocycles. The number of aliphatic carboxylic acids is 1. The minimum Gasteiger partial charge on any atom is -0.480 e. The minimum atomic E-state index is -4.26. The Bertz CT molecular complexity index is 1010. The molecule has 2 rings (SSSR count). The molecule has 2 aromatic rings. The summed E-state index contributed by atoms with van der Waals surface area (Å²) in [6, 6.07) is 12.1. The highest BCUT2D eigenvalue weighted by atomic mass is 32.2. The summed E-state index contributed by atoms with van der Waals surface area (Å²) in [7, 11) is -4.26. The van der Waals surface area contributed by atoms with Gasteiger partial charge in [-0.15, -0.1) is 0 Å². The van der Waals surface area contributed by atoms with Crippen LogP contribution in [0.2, 0.25) is 0 Å². The van der Waals surface area contributed by atoms with Gasteiger partial charge in [0.05, 0.1) is 4.92 Å². The lowest BCUT2D eigenvalue weighted by molar-refractivity contribution is -0.387. The van der Waals surface area contributed by atoms with E-state index in [-0.39, 0.29) is 19.6 Å². The van der Waals surface area contributed by atoms with Gasteiger partial charge in [-0.25, -0.2) is 22.7 Å². The molecule has 0 saturated heterocycles. The lowest BCUT2D eigenvalue weighted by Crippen LogP contribution is -2.43. The van der Waals surface area contributed by atoms with E-state index in [1.54, 1.807) is 30.3 Å². The lowest BCUT2D eigenvalue weighted by atomic mass is 10.2. The monoisotopic (exact) mass is 437 g/mol. The SMILES string of the molecule is O=C(NC(CCNS(=O)(=O)c1ccccc1[N+](=O)[O-])C(=O)O)OCc1ccccc1. The number of nitrogens with zero attached hydrogens (tertiary/aromatic N) is 1. The molecule has 0 bridgehead atoms. The average Bonchev–Trinajstić information content (AvgIpc) is 2.72. The van der Waals surface area contributed by atoms with Crippen LogP contribution in [-0.4, -0.2) is 43.1 Å². The molecular weight excluding hydrogens is 418 g/mol. The Labute approximate surface area is 171 Å². The van der Waals surface area contributed by atoms with Gasteiger partial charge in [0.2, 0.25) is 10.0 Å². The van der Waals surface area contributed by atoms with Crippen molar-refractivity contribution in [1.82, 2.24) is 10.0 Å². The molecule has 12 heteroatoms. The lowest BCUT2D eigenvalue weighted by Gasteiger charge is -2.15. The number of rotatable bonds is 10. The second-order valence-corrected chi connectivity index (χ2v) is 7.74. The molecule has 0 aliphatic rings. The number of nitro benzene ring substituents is 1. The predicted octanol–water partition coefficient (Wildman–Crippen LogP) is 1.64. The summed E-state index contributed by atoms with van der Waals surface area (Å²) in [5.74, 6) is -1.39. The van der Waals surface area contributed by atoms with Gasteiger partial charge in [0.15, 0.2) is 4.90 Å². The van der Waals surface area contributed by atoms with Gasteiger partial charge in [-0.2, -0.15) is 0 Å². The van der Waals surface area contributed by atoms with Crippen LogP contribution in [0.4, 0.5) is 10.5 Å². The summed E-state index contributed by atoms with van der Waals surface area (Å²) >= 11 is 0. The molecule has 1 atom stereocenters. The quantitative estimate of drug-likeness (QED) is 0.373. The molecule has 0 fully saturated rings. The molecule has 0 aliphatic heterocycles. The maximum atomic E-state index is 12.3. The van der Waals surface area contributed by atoms with Gasteiger partial charge in [0.25, 0.3) is 5.69 Å². The molecule has 0 aliphatic carbocycles. The second kappa shape index (κ2) is 10.3. The molecule has 0 spiro atoms. The number of carbonyl (C=O) groups excluding carboxylic acids is 1. The first kappa shape index (κ1) is 22.8. The summed E-state index contributed by atoms with van der Waals surface area (Å²) in [5.41, 5.74) is 0.0964. The first-order valence-corrected chi connectivity index (χ1v) is 10.1. The molecule has 0 saturated carbocycles.